The van der Waals surface area contributed by atoms with Crippen LogP contribution >= 0.6 is 0 Å². The Hall–Kier alpha value is -1.09. The first kappa shape index (κ1) is 14.5. The molecular weight excluding hydrogens is 292 g/mol. The van der Waals surface area contributed by atoms with Gasteiger partial charge in [-0.15, -0.1) is 0 Å². The van der Waals surface area contributed by atoms with Gasteiger partial charge in [-0.1, -0.05) is 43.2 Å². The van der Waals surface area contributed by atoms with Crippen LogP contribution in [0.3, 0.4) is 0 Å². The Balaban J connectivity index is 1.75. The summed E-state index contributed by atoms with van der Waals surface area (Å²) in [6.45, 7) is 4.41. The van der Waals surface area contributed by atoms with E-state index < -0.39 is 9.84 Å². The lowest BCUT2D eigenvalue weighted by Gasteiger charge is -2.39. The lowest BCUT2D eigenvalue weighted by Crippen LogP contribution is -2.37. The predicted molar refractivity (Wildman–Crippen MR) is 88.2 cm³/mol. The third-order valence-corrected chi connectivity index (χ3v) is 8.61. The van der Waals surface area contributed by atoms with Gasteiger partial charge in [0.25, 0.3) is 0 Å². The van der Waals surface area contributed by atoms with Crippen molar-refractivity contribution in [1.29, 1.82) is 0 Å². The van der Waals surface area contributed by atoms with Crippen LogP contribution in [-0.2, 0) is 9.84 Å². The Labute approximate surface area is 133 Å². The summed E-state index contributed by atoms with van der Waals surface area (Å²) in [6.07, 6.45) is 4.69. The van der Waals surface area contributed by atoms with E-state index in [9.17, 15) is 8.42 Å². The molecule has 0 N–H and O–H groups in total. The Kier molecular flexibility index (Phi) is 3.26. The number of benzene rings is 1. The normalized spacial score (nSPS) is 37.5. The molecule has 0 amide bonds. The van der Waals surface area contributed by atoms with E-state index in [1.54, 1.807) is 17.7 Å². The number of hydrogen-bond acceptors (Lipinski definition) is 2. The summed E-state index contributed by atoms with van der Waals surface area (Å²) in [4.78, 5) is 0.492. The first-order valence-electron chi connectivity index (χ1n) is 8.53. The van der Waals surface area contributed by atoms with Crippen molar-refractivity contribution in [3.05, 3.63) is 41.5 Å². The van der Waals surface area contributed by atoms with Gasteiger partial charge in [-0.25, -0.2) is 8.42 Å². The van der Waals surface area contributed by atoms with Gasteiger partial charge in [-0.3, -0.25) is 0 Å². The van der Waals surface area contributed by atoms with Crippen molar-refractivity contribution in [2.45, 2.75) is 49.7 Å². The summed E-state index contributed by atoms with van der Waals surface area (Å²) >= 11 is 0. The van der Waals surface area contributed by atoms with Crippen LogP contribution < -0.4 is 0 Å². The number of sulfone groups is 1. The SMILES string of the molecule is C[C@@H]1C[C@H](S(=O)(=O)c2ccccc2)[C@H](C)C2=C1[C@@H]1CC[C@@H]2C1. The Morgan fingerprint density at radius 2 is 1.55 bits per heavy atom. The van der Waals surface area contributed by atoms with Gasteiger partial charge < -0.3 is 0 Å². The molecule has 0 saturated heterocycles. The first-order valence-corrected chi connectivity index (χ1v) is 10.1. The molecule has 0 aromatic heterocycles. The number of rotatable bonds is 2. The summed E-state index contributed by atoms with van der Waals surface area (Å²) in [7, 11) is -3.23. The van der Waals surface area contributed by atoms with Crippen molar-refractivity contribution in [3.8, 4) is 0 Å². The number of fused-ring (bicyclic) bond motifs is 4. The summed E-state index contributed by atoms with van der Waals surface area (Å²) < 4.78 is 26.2. The molecule has 3 aliphatic rings. The molecule has 5 atom stereocenters. The maximum absolute atomic E-state index is 13.1. The largest absolute Gasteiger partial charge is 0.223 e. The van der Waals surface area contributed by atoms with Crippen LogP contribution in [0.2, 0.25) is 0 Å². The average molecular weight is 316 g/mol. The zero-order valence-electron chi connectivity index (χ0n) is 13.3. The fourth-order valence-electron chi connectivity index (χ4n) is 5.40. The van der Waals surface area contributed by atoms with Gasteiger partial charge in [0.2, 0.25) is 0 Å². The Bertz CT molecular complexity index is 717. The second kappa shape index (κ2) is 4.95. The maximum Gasteiger partial charge on any atom is 0.181 e. The summed E-state index contributed by atoms with van der Waals surface area (Å²) in [5.74, 6) is 2.06. The molecule has 0 heterocycles. The fourth-order valence-corrected chi connectivity index (χ4v) is 7.51. The molecule has 118 valence electrons. The number of allylic oxidation sites excluding steroid dienone is 2. The molecule has 1 fully saturated rings. The van der Waals surface area contributed by atoms with Crippen molar-refractivity contribution in [3.63, 3.8) is 0 Å². The Morgan fingerprint density at radius 3 is 2.23 bits per heavy atom. The van der Waals surface area contributed by atoms with Crippen LogP contribution in [0.5, 0.6) is 0 Å². The minimum atomic E-state index is -3.23. The van der Waals surface area contributed by atoms with Gasteiger partial charge in [0.15, 0.2) is 9.84 Å². The van der Waals surface area contributed by atoms with Gasteiger partial charge in [0, 0.05) is 0 Å². The molecule has 1 aromatic carbocycles. The zero-order chi connectivity index (χ0) is 15.5. The van der Waals surface area contributed by atoms with E-state index in [0.717, 1.165) is 12.3 Å². The third-order valence-electron chi connectivity index (χ3n) is 6.28. The van der Waals surface area contributed by atoms with Crippen molar-refractivity contribution >= 4 is 9.84 Å². The smallest absolute Gasteiger partial charge is 0.181 e. The molecule has 1 saturated carbocycles. The van der Waals surface area contributed by atoms with Crippen molar-refractivity contribution in [1.82, 2.24) is 0 Å². The van der Waals surface area contributed by atoms with Crippen molar-refractivity contribution in [2.75, 3.05) is 0 Å². The maximum atomic E-state index is 13.1. The quantitative estimate of drug-likeness (QED) is 0.765. The molecule has 2 nitrogen and oxygen atoms in total. The fraction of sp³-hybridized carbons (Fsp3) is 0.579. The van der Waals surface area contributed by atoms with Gasteiger partial charge in [-0.05, 0) is 61.5 Å². The third kappa shape index (κ3) is 1.94. The van der Waals surface area contributed by atoms with E-state index in [-0.39, 0.29) is 11.2 Å². The Morgan fingerprint density at radius 1 is 0.909 bits per heavy atom. The van der Waals surface area contributed by atoms with Crippen LogP contribution in [0, 0.1) is 23.7 Å². The molecule has 2 bridgehead atoms. The van der Waals surface area contributed by atoms with E-state index in [2.05, 4.69) is 13.8 Å². The molecular formula is C19H24O2S. The first-order chi connectivity index (χ1) is 10.5. The van der Waals surface area contributed by atoms with Gasteiger partial charge in [0.1, 0.15) is 0 Å². The standard InChI is InChI=1S/C19H24O2S/c1-12-10-17(22(20,21)16-6-4-3-5-7-16)13(2)19-15-9-8-14(11-15)18(12)19/h3-7,12-15,17H,8-11H2,1-2H3/t12-,13+,14-,15-,17+/m1/s1. The monoisotopic (exact) mass is 316 g/mol. The molecule has 22 heavy (non-hydrogen) atoms. The van der Waals surface area contributed by atoms with E-state index in [1.807, 2.05) is 18.2 Å². The van der Waals surface area contributed by atoms with Crippen molar-refractivity contribution < 1.29 is 8.42 Å². The molecule has 3 aliphatic carbocycles. The van der Waals surface area contributed by atoms with E-state index >= 15 is 0 Å². The second-order valence-corrected chi connectivity index (χ2v) is 9.61. The molecule has 1 aromatic rings. The molecule has 0 spiro atoms. The topological polar surface area (TPSA) is 34.1 Å². The highest BCUT2D eigenvalue weighted by molar-refractivity contribution is 7.92. The van der Waals surface area contributed by atoms with Crippen molar-refractivity contribution in [2.24, 2.45) is 23.7 Å². The van der Waals surface area contributed by atoms with Gasteiger partial charge >= 0.3 is 0 Å². The lowest BCUT2D eigenvalue weighted by atomic mass is 9.72. The number of hydrogen-bond donors (Lipinski definition) is 0. The van der Waals surface area contributed by atoms with Crippen LogP contribution in [0.4, 0.5) is 0 Å². The summed E-state index contributed by atoms with van der Waals surface area (Å²) in [6, 6.07) is 9.02. The molecule has 0 radical (unpaired) electrons. The van der Waals surface area contributed by atoms with Gasteiger partial charge in [-0.2, -0.15) is 0 Å². The van der Waals surface area contributed by atoms with Crippen LogP contribution in [0.25, 0.3) is 0 Å². The highest BCUT2D eigenvalue weighted by Gasteiger charge is 2.49. The van der Waals surface area contributed by atoms with Crippen LogP contribution in [0.1, 0.15) is 39.5 Å². The predicted octanol–water partition coefficient (Wildman–Crippen LogP) is 4.23. The summed E-state index contributed by atoms with van der Waals surface area (Å²) in [5.41, 5.74) is 3.17. The van der Waals surface area contributed by atoms with Crippen LogP contribution in [-0.4, -0.2) is 13.7 Å². The van der Waals surface area contributed by atoms with E-state index in [0.29, 0.717) is 16.7 Å². The molecule has 0 aliphatic heterocycles. The molecule has 3 heteroatoms. The average Bonchev–Trinajstić information content (AvgIpc) is 3.13. The van der Waals surface area contributed by atoms with E-state index in [1.165, 1.54) is 24.8 Å². The molecule has 4 rings (SSSR count). The zero-order valence-corrected chi connectivity index (χ0v) is 14.1. The molecule has 0 unspecified atom stereocenters. The highest BCUT2D eigenvalue weighted by Crippen LogP contribution is 2.57. The van der Waals surface area contributed by atoms with E-state index in [4.69, 9.17) is 0 Å². The second-order valence-electron chi connectivity index (χ2n) is 7.44. The minimum absolute atomic E-state index is 0.187. The lowest BCUT2D eigenvalue weighted by molar-refractivity contribution is 0.394. The van der Waals surface area contributed by atoms with Crippen LogP contribution in [0.15, 0.2) is 46.4 Å². The summed E-state index contributed by atoms with van der Waals surface area (Å²) in [5, 5.41) is -0.247. The minimum Gasteiger partial charge on any atom is -0.223 e. The highest BCUT2D eigenvalue weighted by atomic mass is 32.2. The van der Waals surface area contributed by atoms with Gasteiger partial charge in [0.05, 0.1) is 10.1 Å².